The Morgan fingerprint density at radius 2 is 2.13 bits per heavy atom. The number of ether oxygens (including phenoxy) is 1. The van der Waals surface area contributed by atoms with Gasteiger partial charge in [0.05, 0.1) is 12.4 Å². The second kappa shape index (κ2) is 4.33. The molecule has 0 saturated carbocycles. The molecule has 2 heterocycles. The summed E-state index contributed by atoms with van der Waals surface area (Å²) in [7, 11) is 0. The van der Waals surface area contributed by atoms with Crippen molar-refractivity contribution in [3.8, 4) is 5.88 Å². The van der Waals surface area contributed by atoms with Crippen molar-refractivity contribution in [3.05, 3.63) is 17.5 Å². The highest BCUT2D eigenvalue weighted by Gasteiger charge is 2.29. The molecular weight excluding hydrogens is 214 g/mol. The van der Waals surface area contributed by atoms with Gasteiger partial charge in [-0.1, -0.05) is 11.6 Å². The minimum Gasteiger partial charge on any atom is -0.470 e. The Morgan fingerprint density at radius 3 is 2.80 bits per heavy atom. The smallest absolute Gasteiger partial charge is 0.234 e. The van der Waals surface area contributed by atoms with E-state index in [2.05, 4.69) is 22.2 Å². The fourth-order valence-corrected chi connectivity index (χ4v) is 1.82. The van der Waals surface area contributed by atoms with Gasteiger partial charge < -0.3 is 10.1 Å². The molecule has 1 saturated heterocycles. The fourth-order valence-electron chi connectivity index (χ4n) is 1.68. The van der Waals surface area contributed by atoms with E-state index >= 15 is 0 Å². The highest BCUT2D eigenvalue weighted by molar-refractivity contribution is 6.29. The average Bonchev–Trinajstić information content (AvgIpc) is 2.18. The van der Waals surface area contributed by atoms with Crippen LogP contribution in [0.3, 0.4) is 0 Å². The molecule has 0 bridgehead atoms. The third-order valence-corrected chi connectivity index (χ3v) is 2.78. The topological polar surface area (TPSA) is 47.0 Å². The Labute approximate surface area is 94.0 Å². The molecule has 1 aromatic heterocycles. The standard InChI is InChI=1S/C10H14ClN3O/c1-10(2-4-12-5-3-10)15-9-7-13-6-8(11)14-9/h6-7,12H,2-5H2,1H3. The first-order chi connectivity index (χ1) is 7.18. The molecule has 0 amide bonds. The molecule has 2 rings (SSSR count). The Hall–Kier alpha value is -0.870. The number of piperidine rings is 1. The van der Waals surface area contributed by atoms with Gasteiger partial charge >= 0.3 is 0 Å². The van der Waals surface area contributed by atoms with Crippen molar-refractivity contribution in [1.29, 1.82) is 0 Å². The van der Waals surface area contributed by atoms with Crippen LogP contribution >= 0.6 is 11.6 Å². The number of nitrogens with one attached hydrogen (secondary N) is 1. The largest absolute Gasteiger partial charge is 0.470 e. The van der Waals surface area contributed by atoms with Gasteiger partial charge in [-0.05, 0) is 32.9 Å². The van der Waals surface area contributed by atoms with E-state index in [0.29, 0.717) is 11.0 Å². The summed E-state index contributed by atoms with van der Waals surface area (Å²) < 4.78 is 5.83. The van der Waals surface area contributed by atoms with Crippen LogP contribution in [0.4, 0.5) is 0 Å². The van der Waals surface area contributed by atoms with Crippen molar-refractivity contribution in [2.45, 2.75) is 25.4 Å². The van der Waals surface area contributed by atoms with Gasteiger partial charge in [-0.2, -0.15) is 4.98 Å². The van der Waals surface area contributed by atoms with Gasteiger partial charge in [0.2, 0.25) is 5.88 Å². The van der Waals surface area contributed by atoms with E-state index in [9.17, 15) is 0 Å². The van der Waals surface area contributed by atoms with Crippen LogP contribution in [0.2, 0.25) is 5.15 Å². The van der Waals surface area contributed by atoms with Crippen molar-refractivity contribution in [3.63, 3.8) is 0 Å². The van der Waals surface area contributed by atoms with Crippen molar-refractivity contribution in [1.82, 2.24) is 15.3 Å². The molecule has 1 aromatic rings. The number of nitrogens with zero attached hydrogens (tertiary/aromatic N) is 2. The molecule has 0 radical (unpaired) electrons. The van der Waals surface area contributed by atoms with E-state index < -0.39 is 0 Å². The van der Waals surface area contributed by atoms with Crippen LogP contribution < -0.4 is 10.1 Å². The van der Waals surface area contributed by atoms with Crippen LogP contribution in [0.1, 0.15) is 19.8 Å². The molecule has 0 unspecified atom stereocenters. The maximum atomic E-state index is 5.83. The molecule has 5 heteroatoms. The molecule has 1 N–H and O–H groups in total. The summed E-state index contributed by atoms with van der Waals surface area (Å²) in [4.78, 5) is 8.02. The maximum absolute atomic E-state index is 5.83. The normalized spacial score (nSPS) is 19.9. The van der Waals surface area contributed by atoms with E-state index in [1.54, 1.807) is 6.20 Å². The first kappa shape index (κ1) is 10.6. The van der Waals surface area contributed by atoms with Crippen molar-refractivity contribution in [2.75, 3.05) is 13.1 Å². The zero-order valence-electron chi connectivity index (χ0n) is 8.66. The van der Waals surface area contributed by atoms with E-state index in [-0.39, 0.29) is 5.60 Å². The third kappa shape index (κ3) is 2.79. The quantitative estimate of drug-likeness (QED) is 0.835. The molecule has 1 fully saturated rings. The molecular formula is C10H14ClN3O. The number of aromatic nitrogens is 2. The number of rotatable bonds is 2. The first-order valence-corrected chi connectivity index (χ1v) is 5.43. The summed E-state index contributed by atoms with van der Waals surface area (Å²) in [6.45, 7) is 4.05. The SMILES string of the molecule is CC1(Oc2cncc(Cl)n2)CCNCC1. The Balaban J connectivity index is 2.06. The van der Waals surface area contributed by atoms with Gasteiger partial charge in [0.15, 0.2) is 5.15 Å². The van der Waals surface area contributed by atoms with Crippen molar-refractivity contribution < 1.29 is 4.74 Å². The predicted molar refractivity (Wildman–Crippen MR) is 58.2 cm³/mol. The molecule has 0 aliphatic carbocycles. The Bertz CT molecular complexity index is 339. The molecule has 0 spiro atoms. The zero-order valence-corrected chi connectivity index (χ0v) is 9.42. The van der Waals surface area contributed by atoms with E-state index in [4.69, 9.17) is 16.3 Å². The molecule has 1 aliphatic heterocycles. The van der Waals surface area contributed by atoms with E-state index in [1.807, 2.05) is 0 Å². The molecule has 4 nitrogen and oxygen atoms in total. The molecule has 0 atom stereocenters. The van der Waals surface area contributed by atoms with Crippen LogP contribution in [0, 0.1) is 0 Å². The number of halogens is 1. The third-order valence-electron chi connectivity index (χ3n) is 2.60. The Morgan fingerprint density at radius 1 is 1.40 bits per heavy atom. The van der Waals surface area contributed by atoms with Gasteiger partial charge in [-0.3, -0.25) is 4.98 Å². The van der Waals surface area contributed by atoms with Gasteiger partial charge in [-0.15, -0.1) is 0 Å². The number of hydrogen-bond donors (Lipinski definition) is 1. The van der Waals surface area contributed by atoms with Crippen LogP contribution in [-0.4, -0.2) is 28.7 Å². The van der Waals surface area contributed by atoms with Crippen LogP contribution in [-0.2, 0) is 0 Å². The second-order valence-corrected chi connectivity index (χ2v) is 4.37. The minimum atomic E-state index is -0.148. The lowest BCUT2D eigenvalue weighted by Gasteiger charge is -2.33. The Kier molecular flexibility index (Phi) is 3.07. The lowest BCUT2D eigenvalue weighted by atomic mass is 9.95. The van der Waals surface area contributed by atoms with Crippen molar-refractivity contribution in [2.24, 2.45) is 0 Å². The summed E-state index contributed by atoms with van der Waals surface area (Å²) in [6.07, 6.45) is 5.04. The lowest BCUT2D eigenvalue weighted by Crippen LogP contribution is -2.44. The second-order valence-electron chi connectivity index (χ2n) is 3.98. The van der Waals surface area contributed by atoms with Gasteiger partial charge in [0.1, 0.15) is 5.60 Å². The van der Waals surface area contributed by atoms with Gasteiger partial charge in [0, 0.05) is 0 Å². The molecule has 0 aromatic carbocycles. The monoisotopic (exact) mass is 227 g/mol. The minimum absolute atomic E-state index is 0.148. The van der Waals surface area contributed by atoms with E-state index in [0.717, 1.165) is 25.9 Å². The van der Waals surface area contributed by atoms with Crippen LogP contribution in [0.25, 0.3) is 0 Å². The summed E-state index contributed by atoms with van der Waals surface area (Å²) in [6, 6.07) is 0. The summed E-state index contributed by atoms with van der Waals surface area (Å²) >= 11 is 5.74. The maximum Gasteiger partial charge on any atom is 0.234 e. The number of hydrogen-bond acceptors (Lipinski definition) is 4. The van der Waals surface area contributed by atoms with E-state index in [1.165, 1.54) is 6.20 Å². The van der Waals surface area contributed by atoms with Crippen LogP contribution in [0.5, 0.6) is 5.88 Å². The highest BCUT2D eigenvalue weighted by Crippen LogP contribution is 2.24. The average molecular weight is 228 g/mol. The first-order valence-electron chi connectivity index (χ1n) is 5.05. The summed E-state index contributed by atoms with van der Waals surface area (Å²) in [5.74, 6) is 0.506. The fraction of sp³-hybridized carbons (Fsp3) is 0.600. The lowest BCUT2D eigenvalue weighted by molar-refractivity contribution is 0.0504. The summed E-state index contributed by atoms with van der Waals surface area (Å²) in [5, 5.41) is 3.66. The molecule has 15 heavy (non-hydrogen) atoms. The van der Waals surface area contributed by atoms with Crippen LogP contribution in [0.15, 0.2) is 12.4 Å². The highest BCUT2D eigenvalue weighted by atomic mass is 35.5. The predicted octanol–water partition coefficient (Wildman–Crippen LogP) is 1.65. The van der Waals surface area contributed by atoms with Gasteiger partial charge in [-0.25, -0.2) is 0 Å². The zero-order chi connectivity index (χ0) is 10.7. The van der Waals surface area contributed by atoms with Crippen molar-refractivity contribution >= 4 is 11.6 Å². The molecule has 82 valence electrons. The summed E-state index contributed by atoms with van der Waals surface area (Å²) in [5.41, 5.74) is -0.148. The van der Waals surface area contributed by atoms with Gasteiger partial charge in [0.25, 0.3) is 0 Å². The molecule has 1 aliphatic rings.